The predicted molar refractivity (Wildman–Crippen MR) is 29.8 cm³/mol. The van der Waals surface area contributed by atoms with Crippen molar-refractivity contribution in [3.63, 3.8) is 0 Å². The van der Waals surface area contributed by atoms with Crippen molar-refractivity contribution in [2.75, 3.05) is 14.2 Å². The molecule has 5 heteroatoms. The fourth-order valence-electron chi connectivity index (χ4n) is 0. The van der Waals surface area contributed by atoms with Gasteiger partial charge in [-0.15, -0.1) is 0 Å². The summed E-state index contributed by atoms with van der Waals surface area (Å²) in [6.45, 7) is 6.50. The van der Waals surface area contributed by atoms with Gasteiger partial charge in [-0.3, -0.25) is 13.6 Å². The number of hydrogen-bond acceptors (Lipinski definition) is 4. The molecule has 61 valence electrons. The van der Waals surface area contributed by atoms with Gasteiger partial charge in [0.05, 0.1) is 0 Å². The molecule has 0 aliphatic rings. The number of hydrogen-bond donors (Lipinski definition) is 2. The number of rotatable bonds is 0. The van der Waals surface area contributed by atoms with E-state index in [1.54, 1.807) is 0 Å². The van der Waals surface area contributed by atoms with Crippen molar-refractivity contribution < 1.29 is 36.6 Å². The van der Waals surface area contributed by atoms with Crippen molar-refractivity contribution in [1.82, 2.24) is 0 Å². The predicted octanol–water partition coefficient (Wildman–Crippen LogP) is -1.33. The SMILES string of the molecule is CO.CO.[CH-]=O.[CH-]=O.[Co]. The first-order chi connectivity index (χ1) is 4.00. The van der Waals surface area contributed by atoms with Gasteiger partial charge in [-0.25, -0.2) is 0 Å². The first kappa shape index (κ1) is 37.3. The standard InChI is InChI=1S/2CH4O.2CHO.Co/c4*1-2;/h2*2H,1H3;2*1H;/q;;2*-1;. The Balaban J connectivity index is -0.00000000762. The summed E-state index contributed by atoms with van der Waals surface area (Å²) in [6, 6.07) is 0. The Morgan fingerprint density at radius 3 is 0.778 bits per heavy atom. The van der Waals surface area contributed by atoms with E-state index in [-0.39, 0.29) is 16.8 Å². The first-order valence-corrected chi connectivity index (χ1v) is 1.37. The molecule has 0 bridgehead atoms. The maximum Gasteiger partial charge on any atom is 0.0319 e. The van der Waals surface area contributed by atoms with E-state index in [2.05, 4.69) is 13.6 Å². The largest absolute Gasteiger partial charge is 0.545 e. The molecule has 0 aromatic rings. The van der Waals surface area contributed by atoms with Gasteiger partial charge in [0.25, 0.3) is 0 Å². The topological polar surface area (TPSA) is 74.6 Å². The van der Waals surface area contributed by atoms with Gasteiger partial charge in [-0.05, 0) is 0 Å². The van der Waals surface area contributed by atoms with E-state index in [1.807, 2.05) is 0 Å². The molecule has 2 N–H and O–H groups in total. The van der Waals surface area contributed by atoms with Crippen LogP contribution in [0.2, 0.25) is 0 Å². The Bertz CT molecular complexity index is 14.5. The van der Waals surface area contributed by atoms with Crippen LogP contribution >= 0.6 is 0 Å². The zero-order valence-electron chi connectivity index (χ0n) is 5.20. The molecule has 0 rings (SSSR count). The monoisotopic (exact) mass is 181 g/mol. The third kappa shape index (κ3) is 4740. The summed E-state index contributed by atoms with van der Waals surface area (Å²) in [5.41, 5.74) is 0. The summed E-state index contributed by atoms with van der Waals surface area (Å²) in [5, 5.41) is 14.0. The van der Waals surface area contributed by atoms with E-state index in [4.69, 9.17) is 19.8 Å². The summed E-state index contributed by atoms with van der Waals surface area (Å²) < 4.78 is 0. The fraction of sp³-hybridized carbons (Fsp3) is 0.500. The molecular weight excluding hydrogens is 171 g/mol. The maximum absolute atomic E-state index is 7.75. The third-order valence-electron chi connectivity index (χ3n) is 0. The van der Waals surface area contributed by atoms with Gasteiger partial charge in [0.15, 0.2) is 0 Å². The fourth-order valence-corrected chi connectivity index (χ4v) is 0. The van der Waals surface area contributed by atoms with Crippen LogP contribution in [0.1, 0.15) is 0 Å². The van der Waals surface area contributed by atoms with E-state index in [0.29, 0.717) is 0 Å². The molecule has 0 aromatic carbocycles. The van der Waals surface area contributed by atoms with Crippen LogP contribution in [-0.4, -0.2) is 38.0 Å². The van der Waals surface area contributed by atoms with Crippen molar-refractivity contribution >= 4 is 13.6 Å². The molecule has 1 radical (unpaired) electrons. The summed E-state index contributed by atoms with van der Waals surface area (Å²) in [6.07, 6.45) is 0. The molecule has 4 nitrogen and oxygen atoms in total. The zero-order valence-corrected chi connectivity index (χ0v) is 6.24. The van der Waals surface area contributed by atoms with Gasteiger partial charge in [-0.1, -0.05) is 0 Å². The van der Waals surface area contributed by atoms with Crippen molar-refractivity contribution in [2.24, 2.45) is 0 Å². The van der Waals surface area contributed by atoms with Gasteiger partial charge in [0, 0.05) is 31.0 Å². The average Bonchev–Trinajstić information content (AvgIpc) is 2.03. The number of carbonyl (C=O) groups excluding carboxylic acids is 2. The van der Waals surface area contributed by atoms with Crippen molar-refractivity contribution in [3.8, 4) is 0 Å². The van der Waals surface area contributed by atoms with Crippen LogP contribution in [-0.2, 0) is 26.4 Å². The van der Waals surface area contributed by atoms with Crippen molar-refractivity contribution in [3.05, 3.63) is 0 Å². The second-order valence-corrected chi connectivity index (χ2v) is 0. The molecule has 0 atom stereocenters. The molecule has 0 aliphatic heterocycles. The van der Waals surface area contributed by atoms with Crippen molar-refractivity contribution in [2.45, 2.75) is 0 Å². The van der Waals surface area contributed by atoms with Crippen molar-refractivity contribution in [1.29, 1.82) is 0 Å². The molecule has 0 amide bonds. The Morgan fingerprint density at radius 1 is 0.778 bits per heavy atom. The summed E-state index contributed by atoms with van der Waals surface area (Å²) in [4.78, 5) is 15.5. The van der Waals surface area contributed by atoms with Gasteiger partial charge in [-0.2, -0.15) is 0 Å². The summed E-state index contributed by atoms with van der Waals surface area (Å²) in [5.74, 6) is 0. The quantitative estimate of drug-likeness (QED) is 0.358. The minimum absolute atomic E-state index is 0. The molecule has 0 unspecified atom stereocenters. The molecular formula is C4H10CoO4-2. The van der Waals surface area contributed by atoms with E-state index in [0.717, 1.165) is 14.2 Å². The van der Waals surface area contributed by atoms with E-state index in [9.17, 15) is 0 Å². The Hall–Kier alpha value is -0.234. The molecule has 0 saturated carbocycles. The minimum atomic E-state index is 0. The summed E-state index contributed by atoms with van der Waals surface area (Å²) >= 11 is 0. The van der Waals surface area contributed by atoms with Gasteiger partial charge in [0.2, 0.25) is 0 Å². The number of aliphatic hydroxyl groups is 2. The smallest absolute Gasteiger partial charge is 0.0319 e. The van der Waals surface area contributed by atoms with E-state index in [1.165, 1.54) is 0 Å². The van der Waals surface area contributed by atoms with Gasteiger partial charge < -0.3 is 19.8 Å². The first-order valence-electron chi connectivity index (χ1n) is 1.37. The van der Waals surface area contributed by atoms with Crippen LogP contribution in [0, 0.1) is 0 Å². The molecule has 9 heavy (non-hydrogen) atoms. The third-order valence-corrected chi connectivity index (χ3v) is 0. The molecule has 0 heterocycles. The molecule has 0 saturated heterocycles. The summed E-state index contributed by atoms with van der Waals surface area (Å²) in [7, 11) is 2.00. The van der Waals surface area contributed by atoms with Crippen LogP contribution in [0.25, 0.3) is 0 Å². The van der Waals surface area contributed by atoms with Crippen LogP contribution in [0.3, 0.4) is 0 Å². The minimum Gasteiger partial charge on any atom is -0.545 e. The average molecular weight is 181 g/mol. The van der Waals surface area contributed by atoms with Gasteiger partial charge in [0.1, 0.15) is 0 Å². The Labute approximate surface area is 65.1 Å². The Morgan fingerprint density at radius 2 is 0.778 bits per heavy atom. The normalized spacial score (nSPS) is 2.22. The number of aliphatic hydroxyl groups excluding tert-OH is 2. The zero-order chi connectivity index (χ0) is 8.00. The molecule has 0 fully saturated rings. The molecule has 0 aliphatic carbocycles. The second kappa shape index (κ2) is 6520. The van der Waals surface area contributed by atoms with Crippen LogP contribution in [0.15, 0.2) is 0 Å². The van der Waals surface area contributed by atoms with E-state index >= 15 is 0 Å². The molecule has 0 aromatic heterocycles. The Kier molecular flexibility index (Phi) is 27000. The van der Waals surface area contributed by atoms with Crippen LogP contribution in [0.4, 0.5) is 0 Å². The second-order valence-electron chi connectivity index (χ2n) is 0. The van der Waals surface area contributed by atoms with Gasteiger partial charge >= 0.3 is 0 Å². The van der Waals surface area contributed by atoms with E-state index < -0.39 is 0 Å². The maximum atomic E-state index is 7.75. The van der Waals surface area contributed by atoms with Crippen LogP contribution in [0.5, 0.6) is 0 Å². The molecule has 0 spiro atoms. The van der Waals surface area contributed by atoms with Crippen LogP contribution < -0.4 is 0 Å².